The van der Waals surface area contributed by atoms with Gasteiger partial charge in [-0.2, -0.15) is 5.26 Å². The Morgan fingerprint density at radius 3 is 2.16 bits per heavy atom. The SMILES string of the molecule is Cc1cc(C)c(C(=O)OC(C)C(=O)Nc2ccc(C#N)cc2)c(C)c1. The first-order valence-electron chi connectivity index (χ1n) is 7.91. The minimum Gasteiger partial charge on any atom is -0.449 e. The van der Waals surface area contributed by atoms with E-state index < -0.39 is 18.0 Å². The molecule has 0 fully saturated rings. The number of anilines is 1. The molecule has 0 aromatic heterocycles. The van der Waals surface area contributed by atoms with Gasteiger partial charge in [0, 0.05) is 5.69 Å². The van der Waals surface area contributed by atoms with Gasteiger partial charge < -0.3 is 10.1 Å². The molecule has 0 heterocycles. The van der Waals surface area contributed by atoms with Crippen LogP contribution in [0, 0.1) is 32.1 Å². The van der Waals surface area contributed by atoms with E-state index in [9.17, 15) is 9.59 Å². The Bertz CT molecular complexity index is 825. The van der Waals surface area contributed by atoms with Gasteiger partial charge in [0.25, 0.3) is 5.91 Å². The molecule has 2 aromatic carbocycles. The van der Waals surface area contributed by atoms with Crippen LogP contribution in [0.15, 0.2) is 36.4 Å². The Morgan fingerprint density at radius 2 is 1.64 bits per heavy atom. The van der Waals surface area contributed by atoms with E-state index in [0.29, 0.717) is 16.8 Å². The molecule has 0 saturated carbocycles. The first kappa shape index (κ1) is 18.2. The van der Waals surface area contributed by atoms with Gasteiger partial charge in [0.2, 0.25) is 0 Å². The van der Waals surface area contributed by atoms with Crippen molar-refractivity contribution >= 4 is 17.6 Å². The fourth-order valence-electron chi connectivity index (χ4n) is 2.65. The molecule has 0 aliphatic rings. The third kappa shape index (κ3) is 4.45. The molecular weight excluding hydrogens is 316 g/mol. The van der Waals surface area contributed by atoms with Gasteiger partial charge in [-0.1, -0.05) is 17.7 Å². The van der Waals surface area contributed by atoms with Crippen molar-refractivity contribution < 1.29 is 14.3 Å². The highest BCUT2D eigenvalue weighted by Crippen LogP contribution is 2.18. The molecule has 0 radical (unpaired) electrons. The first-order chi connectivity index (χ1) is 11.8. The number of nitrogens with zero attached hydrogens (tertiary/aromatic N) is 1. The number of rotatable bonds is 4. The molecule has 0 bridgehead atoms. The second-order valence-corrected chi connectivity index (χ2v) is 6.00. The smallest absolute Gasteiger partial charge is 0.339 e. The van der Waals surface area contributed by atoms with Crippen molar-refractivity contribution in [2.45, 2.75) is 33.8 Å². The van der Waals surface area contributed by atoms with Crippen LogP contribution >= 0.6 is 0 Å². The molecule has 1 N–H and O–H groups in total. The third-order valence-electron chi connectivity index (χ3n) is 3.82. The summed E-state index contributed by atoms with van der Waals surface area (Å²) in [4.78, 5) is 24.6. The van der Waals surface area contributed by atoms with Crippen LogP contribution in [0.5, 0.6) is 0 Å². The van der Waals surface area contributed by atoms with E-state index >= 15 is 0 Å². The number of benzene rings is 2. The Labute approximate surface area is 147 Å². The van der Waals surface area contributed by atoms with Crippen molar-refractivity contribution in [2.75, 3.05) is 5.32 Å². The summed E-state index contributed by atoms with van der Waals surface area (Å²) in [5, 5.41) is 11.4. The van der Waals surface area contributed by atoms with Crippen molar-refractivity contribution in [3.05, 3.63) is 64.2 Å². The summed E-state index contributed by atoms with van der Waals surface area (Å²) in [5.41, 5.74) is 4.24. The Hall–Kier alpha value is -3.13. The van der Waals surface area contributed by atoms with Crippen molar-refractivity contribution in [1.29, 1.82) is 5.26 Å². The lowest BCUT2D eigenvalue weighted by Gasteiger charge is -2.16. The number of hydrogen-bond acceptors (Lipinski definition) is 4. The van der Waals surface area contributed by atoms with Gasteiger partial charge in [-0.15, -0.1) is 0 Å². The highest BCUT2D eigenvalue weighted by Gasteiger charge is 2.21. The summed E-state index contributed by atoms with van der Waals surface area (Å²) < 4.78 is 5.31. The summed E-state index contributed by atoms with van der Waals surface area (Å²) in [5.74, 6) is -0.946. The molecule has 1 atom stereocenters. The maximum absolute atomic E-state index is 12.4. The van der Waals surface area contributed by atoms with Gasteiger partial charge >= 0.3 is 5.97 Å². The van der Waals surface area contributed by atoms with Gasteiger partial charge in [0.1, 0.15) is 0 Å². The standard InChI is InChI=1S/C20H20N2O3/c1-12-9-13(2)18(14(3)10-12)20(24)25-15(4)19(23)22-17-7-5-16(11-21)6-8-17/h5-10,15H,1-4H3,(H,22,23). The lowest BCUT2D eigenvalue weighted by Crippen LogP contribution is -2.30. The van der Waals surface area contributed by atoms with Crippen LogP contribution in [0.1, 0.15) is 39.5 Å². The maximum atomic E-state index is 12.4. The lowest BCUT2D eigenvalue weighted by atomic mass is 10.00. The van der Waals surface area contributed by atoms with E-state index in [2.05, 4.69) is 5.32 Å². The maximum Gasteiger partial charge on any atom is 0.339 e. The quantitative estimate of drug-likeness (QED) is 0.864. The van der Waals surface area contributed by atoms with Crippen molar-refractivity contribution in [2.24, 2.45) is 0 Å². The fourth-order valence-corrected chi connectivity index (χ4v) is 2.65. The van der Waals surface area contributed by atoms with Crippen molar-refractivity contribution in [3.63, 3.8) is 0 Å². The number of amides is 1. The van der Waals surface area contributed by atoms with E-state index in [4.69, 9.17) is 10.00 Å². The molecule has 2 rings (SSSR count). The summed E-state index contributed by atoms with van der Waals surface area (Å²) in [6.45, 7) is 7.18. The van der Waals surface area contributed by atoms with Crippen LogP contribution < -0.4 is 5.32 Å². The van der Waals surface area contributed by atoms with E-state index in [1.165, 1.54) is 6.92 Å². The molecule has 2 aromatic rings. The van der Waals surface area contributed by atoms with Crippen LogP contribution in [0.3, 0.4) is 0 Å². The molecule has 0 saturated heterocycles. The number of ether oxygens (including phenoxy) is 1. The molecule has 5 nitrogen and oxygen atoms in total. The van der Waals surface area contributed by atoms with Crippen LogP contribution in [-0.2, 0) is 9.53 Å². The van der Waals surface area contributed by atoms with E-state index in [0.717, 1.165) is 16.7 Å². The number of nitriles is 1. The fraction of sp³-hybridized carbons (Fsp3) is 0.250. The number of aryl methyl sites for hydroxylation is 3. The van der Waals surface area contributed by atoms with Crippen molar-refractivity contribution in [3.8, 4) is 6.07 Å². The summed E-state index contributed by atoms with van der Waals surface area (Å²) >= 11 is 0. The van der Waals surface area contributed by atoms with E-state index in [1.807, 2.05) is 39.0 Å². The highest BCUT2D eigenvalue weighted by molar-refractivity contribution is 5.98. The van der Waals surface area contributed by atoms with E-state index in [-0.39, 0.29) is 0 Å². The number of esters is 1. The lowest BCUT2D eigenvalue weighted by molar-refractivity contribution is -0.123. The molecule has 0 aliphatic carbocycles. The highest BCUT2D eigenvalue weighted by atomic mass is 16.5. The van der Waals surface area contributed by atoms with Crippen LogP contribution in [0.25, 0.3) is 0 Å². The van der Waals surface area contributed by atoms with E-state index in [1.54, 1.807) is 24.3 Å². The number of carbonyl (C=O) groups excluding carboxylic acids is 2. The van der Waals surface area contributed by atoms with Crippen LogP contribution in [-0.4, -0.2) is 18.0 Å². The zero-order valence-corrected chi connectivity index (χ0v) is 14.7. The van der Waals surface area contributed by atoms with Crippen LogP contribution in [0.2, 0.25) is 0 Å². The molecule has 25 heavy (non-hydrogen) atoms. The van der Waals surface area contributed by atoms with Gasteiger partial charge in [-0.25, -0.2) is 4.79 Å². The van der Waals surface area contributed by atoms with Crippen LogP contribution in [0.4, 0.5) is 5.69 Å². The summed E-state index contributed by atoms with van der Waals surface area (Å²) in [7, 11) is 0. The number of hydrogen-bond donors (Lipinski definition) is 1. The molecule has 0 spiro atoms. The minimum atomic E-state index is -0.941. The van der Waals surface area contributed by atoms with Gasteiger partial charge in [0.05, 0.1) is 17.2 Å². The Morgan fingerprint density at radius 1 is 1.08 bits per heavy atom. The zero-order valence-electron chi connectivity index (χ0n) is 14.7. The molecular formula is C20H20N2O3. The average Bonchev–Trinajstić information content (AvgIpc) is 2.54. The van der Waals surface area contributed by atoms with Gasteiger partial charge in [-0.3, -0.25) is 4.79 Å². The predicted molar refractivity (Wildman–Crippen MR) is 95.3 cm³/mol. The second kappa shape index (κ2) is 7.63. The predicted octanol–water partition coefficient (Wildman–Crippen LogP) is 3.67. The van der Waals surface area contributed by atoms with Gasteiger partial charge in [0.15, 0.2) is 6.10 Å². The third-order valence-corrected chi connectivity index (χ3v) is 3.82. The number of carbonyl (C=O) groups is 2. The molecule has 128 valence electrons. The summed E-state index contributed by atoms with van der Waals surface area (Å²) in [6.07, 6.45) is -0.941. The Balaban J connectivity index is 2.05. The second-order valence-electron chi connectivity index (χ2n) is 6.00. The minimum absolute atomic E-state index is 0.430. The monoisotopic (exact) mass is 336 g/mol. The first-order valence-corrected chi connectivity index (χ1v) is 7.91. The average molecular weight is 336 g/mol. The topological polar surface area (TPSA) is 79.2 Å². The molecule has 1 amide bonds. The Kier molecular flexibility index (Phi) is 5.56. The largest absolute Gasteiger partial charge is 0.449 e. The normalized spacial score (nSPS) is 11.3. The number of nitrogens with one attached hydrogen (secondary N) is 1. The molecule has 5 heteroatoms. The molecule has 0 aliphatic heterocycles. The zero-order chi connectivity index (χ0) is 18.6. The van der Waals surface area contributed by atoms with Gasteiger partial charge in [-0.05, 0) is 63.1 Å². The van der Waals surface area contributed by atoms with Crippen molar-refractivity contribution in [1.82, 2.24) is 0 Å². The molecule has 1 unspecified atom stereocenters. The summed E-state index contributed by atoms with van der Waals surface area (Å²) in [6, 6.07) is 12.3.